The molecular formula is C19H27N3O2. The van der Waals surface area contributed by atoms with Gasteiger partial charge < -0.3 is 15.1 Å². The van der Waals surface area contributed by atoms with Crippen LogP contribution in [0.25, 0.3) is 0 Å². The number of Topliss-reactive ketones (excluding diaryl/α,β-unsaturated/α-hetero) is 1. The van der Waals surface area contributed by atoms with E-state index in [4.69, 9.17) is 0 Å². The first-order valence-electron chi connectivity index (χ1n) is 9.04. The SMILES string of the molecule is CC(=O)c1cccc(NC(=O)N2CCCC2CN2CCCCC2)c1. The highest BCUT2D eigenvalue weighted by atomic mass is 16.2. The zero-order valence-corrected chi connectivity index (χ0v) is 14.5. The maximum absolute atomic E-state index is 12.7. The number of anilines is 1. The van der Waals surface area contributed by atoms with E-state index < -0.39 is 0 Å². The molecule has 2 saturated heterocycles. The molecule has 1 atom stereocenters. The van der Waals surface area contributed by atoms with Crippen LogP contribution in [0.15, 0.2) is 24.3 Å². The van der Waals surface area contributed by atoms with Crippen LogP contribution >= 0.6 is 0 Å². The third-order valence-corrected chi connectivity index (χ3v) is 5.08. The van der Waals surface area contributed by atoms with Gasteiger partial charge in [-0.25, -0.2) is 4.79 Å². The van der Waals surface area contributed by atoms with E-state index in [2.05, 4.69) is 10.2 Å². The Hall–Kier alpha value is -1.88. The summed E-state index contributed by atoms with van der Waals surface area (Å²) in [6.07, 6.45) is 6.03. The molecule has 0 bridgehead atoms. The number of nitrogens with zero attached hydrogens (tertiary/aromatic N) is 2. The van der Waals surface area contributed by atoms with Crippen LogP contribution in [0.4, 0.5) is 10.5 Å². The Morgan fingerprint density at radius 3 is 2.67 bits per heavy atom. The summed E-state index contributed by atoms with van der Waals surface area (Å²) in [5, 5.41) is 2.96. The number of rotatable bonds is 4. The molecule has 0 spiro atoms. The van der Waals surface area contributed by atoms with E-state index in [9.17, 15) is 9.59 Å². The second-order valence-electron chi connectivity index (χ2n) is 6.92. The summed E-state index contributed by atoms with van der Waals surface area (Å²) < 4.78 is 0. The van der Waals surface area contributed by atoms with Gasteiger partial charge in [-0.15, -0.1) is 0 Å². The Morgan fingerprint density at radius 1 is 1.12 bits per heavy atom. The van der Waals surface area contributed by atoms with Crippen molar-refractivity contribution in [2.75, 3.05) is 31.5 Å². The van der Waals surface area contributed by atoms with Crippen molar-refractivity contribution in [2.24, 2.45) is 0 Å². The van der Waals surface area contributed by atoms with Gasteiger partial charge in [0.05, 0.1) is 0 Å². The van der Waals surface area contributed by atoms with E-state index in [0.29, 0.717) is 17.3 Å². The van der Waals surface area contributed by atoms with Gasteiger partial charge >= 0.3 is 6.03 Å². The number of urea groups is 1. The number of piperidine rings is 1. The van der Waals surface area contributed by atoms with Crippen LogP contribution in [0.1, 0.15) is 49.4 Å². The van der Waals surface area contributed by atoms with Gasteiger partial charge in [0.25, 0.3) is 0 Å². The number of amides is 2. The van der Waals surface area contributed by atoms with Crippen LogP contribution in [-0.4, -0.2) is 53.8 Å². The molecule has 2 aliphatic rings. The van der Waals surface area contributed by atoms with Crippen molar-refractivity contribution in [2.45, 2.75) is 45.1 Å². The maximum atomic E-state index is 12.7. The molecule has 0 radical (unpaired) electrons. The normalized spacial score (nSPS) is 21.7. The molecule has 2 amide bonds. The average Bonchev–Trinajstić information content (AvgIpc) is 3.04. The van der Waals surface area contributed by atoms with Crippen LogP contribution in [0.3, 0.4) is 0 Å². The highest BCUT2D eigenvalue weighted by Crippen LogP contribution is 2.22. The van der Waals surface area contributed by atoms with Gasteiger partial charge in [0, 0.05) is 30.4 Å². The molecule has 1 N–H and O–H groups in total. The minimum atomic E-state index is -0.0461. The number of carbonyl (C=O) groups is 2. The highest BCUT2D eigenvalue weighted by Gasteiger charge is 2.30. The molecule has 5 heteroatoms. The Balaban J connectivity index is 1.60. The number of ketones is 1. The first-order chi connectivity index (χ1) is 11.6. The van der Waals surface area contributed by atoms with Crippen LogP contribution in [0.5, 0.6) is 0 Å². The zero-order chi connectivity index (χ0) is 16.9. The molecule has 5 nitrogen and oxygen atoms in total. The van der Waals surface area contributed by atoms with E-state index >= 15 is 0 Å². The fraction of sp³-hybridized carbons (Fsp3) is 0.579. The Bertz CT molecular complexity index is 596. The lowest BCUT2D eigenvalue weighted by atomic mass is 10.1. The standard InChI is InChI=1S/C19H27N3O2/c1-15(23)16-7-5-8-17(13-16)20-19(24)22-12-6-9-18(22)14-21-10-3-2-4-11-21/h5,7-8,13,18H,2-4,6,9-12,14H2,1H3,(H,20,24). The van der Waals surface area contributed by atoms with Gasteiger partial charge in [0.2, 0.25) is 0 Å². The Labute approximate surface area is 144 Å². The van der Waals surface area contributed by atoms with Gasteiger partial charge in [-0.1, -0.05) is 18.6 Å². The lowest BCUT2D eigenvalue weighted by molar-refractivity contribution is 0.101. The highest BCUT2D eigenvalue weighted by molar-refractivity contribution is 5.96. The van der Waals surface area contributed by atoms with Crippen LogP contribution in [-0.2, 0) is 0 Å². The zero-order valence-electron chi connectivity index (χ0n) is 14.5. The number of hydrogen-bond donors (Lipinski definition) is 1. The maximum Gasteiger partial charge on any atom is 0.322 e. The fourth-order valence-electron chi connectivity index (χ4n) is 3.74. The second-order valence-corrected chi connectivity index (χ2v) is 6.92. The fourth-order valence-corrected chi connectivity index (χ4v) is 3.74. The summed E-state index contributed by atoms with van der Waals surface area (Å²) in [6, 6.07) is 7.42. The molecule has 0 saturated carbocycles. The average molecular weight is 329 g/mol. The summed E-state index contributed by atoms with van der Waals surface area (Å²) in [5.74, 6) is 0.00949. The molecule has 2 aliphatic heterocycles. The van der Waals surface area contributed by atoms with Crippen molar-refractivity contribution in [1.29, 1.82) is 0 Å². The molecule has 2 heterocycles. The van der Waals surface area contributed by atoms with Crippen molar-refractivity contribution in [3.8, 4) is 0 Å². The van der Waals surface area contributed by atoms with E-state index in [-0.39, 0.29) is 11.8 Å². The summed E-state index contributed by atoms with van der Waals surface area (Å²) in [7, 11) is 0. The van der Waals surface area contributed by atoms with Crippen molar-refractivity contribution in [3.05, 3.63) is 29.8 Å². The topological polar surface area (TPSA) is 52.7 Å². The molecule has 2 fully saturated rings. The number of benzene rings is 1. The van der Waals surface area contributed by atoms with E-state index in [0.717, 1.165) is 39.0 Å². The van der Waals surface area contributed by atoms with Gasteiger partial charge in [0.15, 0.2) is 5.78 Å². The number of hydrogen-bond acceptors (Lipinski definition) is 3. The van der Waals surface area contributed by atoms with Crippen molar-refractivity contribution >= 4 is 17.5 Å². The lowest BCUT2D eigenvalue weighted by Crippen LogP contribution is -2.46. The molecule has 1 aromatic carbocycles. The summed E-state index contributed by atoms with van der Waals surface area (Å²) in [6.45, 7) is 5.66. The van der Waals surface area contributed by atoms with Gasteiger partial charge in [-0.3, -0.25) is 4.79 Å². The smallest absolute Gasteiger partial charge is 0.320 e. The first-order valence-corrected chi connectivity index (χ1v) is 9.04. The molecule has 24 heavy (non-hydrogen) atoms. The first kappa shape index (κ1) is 17.0. The number of carbonyl (C=O) groups excluding carboxylic acids is 2. The largest absolute Gasteiger partial charge is 0.322 e. The minimum Gasteiger partial charge on any atom is -0.320 e. The van der Waals surface area contributed by atoms with E-state index in [1.54, 1.807) is 12.1 Å². The number of nitrogens with one attached hydrogen (secondary N) is 1. The molecular weight excluding hydrogens is 302 g/mol. The lowest BCUT2D eigenvalue weighted by Gasteiger charge is -2.33. The van der Waals surface area contributed by atoms with Crippen LogP contribution < -0.4 is 5.32 Å². The number of likely N-dealkylation sites (tertiary alicyclic amines) is 2. The molecule has 0 aliphatic carbocycles. The molecule has 0 aromatic heterocycles. The van der Waals surface area contributed by atoms with Gasteiger partial charge in [-0.2, -0.15) is 0 Å². The Morgan fingerprint density at radius 2 is 1.92 bits per heavy atom. The van der Waals surface area contributed by atoms with Crippen molar-refractivity contribution in [1.82, 2.24) is 9.80 Å². The monoisotopic (exact) mass is 329 g/mol. The van der Waals surface area contributed by atoms with Crippen LogP contribution in [0, 0.1) is 0 Å². The summed E-state index contributed by atoms with van der Waals surface area (Å²) >= 11 is 0. The predicted molar refractivity (Wildman–Crippen MR) is 95.5 cm³/mol. The predicted octanol–water partition coefficient (Wildman–Crippen LogP) is 3.37. The van der Waals surface area contributed by atoms with Crippen molar-refractivity contribution in [3.63, 3.8) is 0 Å². The molecule has 1 aromatic rings. The van der Waals surface area contributed by atoms with Crippen LogP contribution in [0.2, 0.25) is 0 Å². The second kappa shape index (κ2) is 7.79. The van der Waals surface area contributed by atoms with E-state index in [1.807, 2.05) is 17.0 Å². The molecule has 1 unspecified atom stereocenters. The summed E-state index contributed by atoms with van der Waals surface area (Å²) in [5.41, 5.74) is 1.32. The third kappa shape index (κ3) is 4.15. The van der Waals surface area contributed by atoms with Gasteiger partial charge in [-0.05, 0) is 57.8 Å². The third-order valence-electron chi connectivity index (χ3n) is 5.08. The van der Waals surface area contributed by atoms with Gasteiger partial charge in [0.1, 0.15) is 0 Å². The molecule has 130 valence electrons. The molecule has 3 rings (SSSR count). The Kier molecular flexibility index (Phi) is 5.51. The minimum absolute atomic E-state index is 0.00949. The van der Waals surface area contributed by atoms with E-state index in [1.165, 1.54) is 26.2 Å². The summed E-state index contributed by atoms with van der Waals surface area (Å²) in [4.78, 5) is 28.6. The van der Waals surface area contributed by atoms with Crippen molar-refractivity contribution < 1.29 is 9.59 Å². The quantitative estimate of drug-likeness (QED) is 0.862.